The molecule has 0 radical (unpaired) electrons. The Hall–Kier alpha value is -1.35. The Morgan fingerprint density at radius 2 is 2.00 bits per heavy atom. The van der Waals surface area contributed by atoms with E-state index in [1.54, 1.807) is 7.05 Å². The highest BCUT2D eigenvalue weighted by Gasteiger charge is 2.12. The number of nitrogens with one attached hydrogen (secondary N) is 1. The summed E-state index contributed by atoms with van der Waals surface area (Å²) in [6, 6.07) is 7.81. The van der Waals surface area contributed by atoms with Gasteiger partial charge in [0.15, 0.2) is 0 Å². The highest BCUT2D eigenvalue weighted by atomic mass is 16.1. The smallest absolute Gasteiger partial charge is 0.234 e. The van der Waals surface area contributed by atoms with E-state index in [2.05, 4.69) is 5.32 Å². The second kappa shape index (κ2) is 4.77. The van der Waals surface area contributed by atoms with Gasteiger partial charge in [0.1, 0.15) is 0 Å². The molecule has 1 aromatic rings. The number of likely N-dealkylation sites (N-methyl/N-ethyl adjacent to an activating group) is 1. The Morgan fingerprint density at radius 1 is 1.43 bits per heavy atom. The minimum Gasteiger partial charge on any atom is -0.368 e. The zero-order valence-electron chi connectivity index (χ0n) is 8.58. The molecule has 0 aromatic heterocycles. The van der Waals surface area contributed by atoms with Crippen molar-refractivity contribution in [2.75, 3.05) is 7.05 Å². The third kappa shape index (κ3) is 2.85. The number of nitrogens with two attached hydrogens (primary N) is 1. The minimum absolute atomic E-state index is 0.280. The number of amides is 1. The van der Waals surface area contributed by atoms with Crippen molar-refractivity contribution in [2.45, 2.75) is 19.4 Å². The lowest BCUT2D eigenvalue weighted by Gasteiger charge is -2.11. The average Bonchev–Trinajstić information content (AvgIpc) is 2.16. The molecule has 0 saturated carbocycles. The maximum Gasteiger partial charge on any atom is 0.234 e. The molecule has 76 valence electrons. The van der Waals surface area contributed by atoms with Crippen molar-refractivity contribution in [3.05, 3.63) is 35.4 Å². The fourth-order valence-electron chi connectivity index (χ4n) is 1.30. The van der Waals surface area contributed by atoms with Crippen LogP contribution in [0.15, 0.2) is 24.3 Å². The number of rotatable bonds is 4. The van der Waals surface area contributed by atoms with Crippen LogP contribution in [-0.2, 0) is 11.2 Å². The number of primary amides is 1. The van der Waals surface area contributed by atoms with Gasteiger partial charge in [0.25, 0.3) is 0 Å². The summed E-state index contributed by atoms with van der Waals surface area (Å²) >= 11 is 0. The van der Waals surface area contributed by atoms with Gasteiger partial charge in [-0.2, -0.15) is 0 Å². The second-order valence-corrected chi connectivity index (χ2v) is 3.43. The molecule has 0 bridgehead atoms. The summed E-state index contributed by atoms with van der Waals surface area (Å²) in [5, 5.41) is 2.89. The van der Waals surface area contributed by atoms with Crippen LogP contribution >= 0.6 is 0 Å². The van der Waals surface area contributed by atoms with Crippen LogP contribution in [0.5, 0.6) is 0 Å². The molecule has 0 aliphatic heterocycles. The lowest BCUT2D eigenvalue weighted by molar-refractivity contribution is -0.119. The highest BCUT2D eigenvalue weighted by Crippen LogP contribution is 2.05. The summed E-state index contributed by atoms with van der Waals surface area (Å²) in [4.78, 5) is 11.0. The SMILES string of the molecule is CNC(Cc1ccc(C)cc1)C(N)=O. The number of hydrogen-bond donors (Lipinski definition) is 2. The van der Waals surface area contributed by atoms with Gasteiger partial charge in [0, 0.05) is 0 Å². The highest BCUT2D eigenvalue weighted by molar-refractivity contribution is 5.80. The maximum atomic E-state index is 11.0. The molecular formula is C11H16N2O. The summed E-state index contributed by atoms with van der Waals surface area (Å²) in [6.45, 7) is 2.04. The molecule has 0 aliphatic carbocycles. The number of hydrogen-bond acceptors (Lipinski definition) is 2. The molecule has 1 rings (SSSR count). The summed E-state index contributed by atoms with van der Waals surface area (Å²) in [5.41, 5.74) is 7.56. The molecule has 3 nitrogen and oxygen atoms in total. The third-order valence-corrected chi connectivity index (χ3v) is 2.25. The molecule has 0 fully saturated rings. The van der Waals surface area contributed by atoms with E-state index in [1.807, 2.05) is 31.2 Å². The lowest BCUT2D eigenvalue weighted by Crippen LogP contribution is -2.40. The fraction of sp³-hybridized carbons (Fsp3) is 0.364. The molecule has 0 aliphatic rings. The zero-order chi connectivity index (χ0) is 10.6. The summed E-state index contributed by atoms with van der Waals surface area (Å²) in [5.74, 6) is -0.312. The van der Waals surface area contributed by atoms with E-state index in [9.17, 15) is 4.79 Å². The Balaban J connectivity index is 2.67. The molecule has 1 atom stereocenters. The van der Waals surface area contributed by atoms with Crippen molar-refractivity contribution in [3.63, 3.8) is 0 Å². The van der Waals surface area contributed by atoms with E-state index in [-0.39, 0.29) is 11.9 Å². The Morgan fingerprint density at radius 3 is 2.43 bits per heavy atom. The number of benzene rings is 1. The van der Waals surface area contributed by atoms with Gasteiger partial charge in [0.2, 0.25) is 5.91 Å². The lowest BCUT2D eigenvalue weighted by atomic mass is 10.0. The number of carbonyl (C=O) groups excluding carboxylic acids is 1. The minimum atomic E-state index is -0.312. The molecule has 3 N–H and O–H groups in total. The van der Waals surface area contributed by atoms with E-state index < -0.39 is 0 Å². The summed E-state index contributed by atoms with van der Waals surface area (Å²) < 4.78 is 0. The van der Waals surface area contributed by atoms with Gasteiger partial charge in [0.05, 0.1) is 6.04 Å². The van der Waals surface area contributed by atoms with Crippen LogP contribution < -0.4 is 11.1 Å². The van der Waals surface area contributed by atoms with Crippen molar-refractivity contribution < 1.29 is 4.79 Å². The molecule has 0 saturated heterocycles. The van der Waals surface area contributed by atoms with Crippen molar-refractivity contribution in [2.24, 2.45) is 5.73 Å². The molecule has 0 heterocycles. The molecule has 1 aromatic carbocycles. The number of aryl methyl sites for hydroxylation is 1. The van der Waals surface area contributed by atoms with Crippen molar-refractivity contribution in [1.82, 2.24) is 5.32 Å². The van der Waals surface area contributed by atoms with E-state index >= 15 is 0 Å². The molecule has 1 amide bonds. The maximum absolute atomic E-state index is 11.0. The molecule has 3 heteroatoms. The molecule has 0 spiro atoms. The summed E-state index contributed by atoms with van der Waals surface area (Å²) in [6.07, 6.45) is 0.645. The quantitative estimate of drug-likeness (QED) is 0.734. The largest absolute Gasteiger partial charge is 0.368 e. The second-order valence-electron chi connectivity index (χ2n) is 3.43. The third-order valence-electron chi connectivity index (χ3n) is 2.25. The first-order chi connectivity index (χ1) is 6.63. The van der Waals surface area contributed by atoms with Crippen LogP contribution in [0, 0.1) is 6.92 Å². The van der Waals surface area contributed by atoms with E-state index in [4.69, 9.17) is 5.73 Å². The summed E-state index contributed by atoms with van der Waals surface area (Å²) in [7, 11) is 1.74. The standard InChI is InChI=1S/C11H16N2O/c1-8-3-5-9(6-4-8)7-10(13-2)11(12)14/h3-6,10,13H,7H2,1-2H3,(H2,12,14). The van der Waals surface area contributed by atoms with Crippen LogP contribution in [0.25, 0.3) is 0 Å². The van der Waals surface area contributed by atoms with Gasteiger partial charge in [-0.3, -0.25) is 4.79 Å². The fourth-order valence-corrected chi connectivity index (χ4v) is 1.30. The van der Waals surface area contributed by atoms with E-state index in [1.165, 1.54) is 5.56 Å². The molecule has 14 heavy (non-hydrogen) atoms. The van der Waals surface area contributed by atoms with Gasteiger partial charge in [-0.1, -0.05) is 29.8 Å². The van der Waals surface area contributed by atoms with Gasteiger partial charge in [-0.25, -0.2) is 0 Å². The Labute approximate surface area is 84.3 Å². The van der Waals surface area contributed by atoms with Crippen LogP contribution in [0.2, 0.25) is 0 Å². The first-order valence-electron chi connectivity index (χ1n) is 4.65. The number of carbonyl (C=O) groups is 1. The first kappa shape index (κ1) is 10.7. The average molecular weight is 192 g/mol. The van der Waals surface area contributed by atoms with Crippen LogP contribution in [0.1, 0.15) is 11.1 Å². The predicted octanol–water partition coefficient (Wildman–Crippen LogP) is 0.611. The first-order valence-corrected chi connectivity index (χ1v) is 4.65. The van der Waals surface area contributed by atoms with Gasteiger partial charge < -0.3 is 11.1 Å². The van der Waals surface area contributed by atoms with Crippen LogP contribution in [0.3, 0.4) is 0 Å². The Bertz CT molecular complexity index is 306. The molecular weight excluding hydrogens is 176 g/mol. The van der Waals surface area contributed by atoms with Gasteiger partial charge >= 0.3 is 0 Å². The van der Waals surface area contributed by atoms with Gasteiger partial charge in [-0.15, -0.1) is 0 Å². The zero-order valence-corrected chi connectivity index (χ0v) is 8.58. The van der Waals surface area contributed by atoms with Crippen LogP contribution in [-0.4, -0.2) is 19.0 Å². The van der Waals surface area contributed by atoms with Crippen LogP contribution in [0.4, 0.5) is 0 Å². The van der Waals surface area contributed by atoms with Crippen molar-refractivity contribution >= 4 is 5.91 Å². The Kier molecular flexibility index (Phi) is 3.65. The van der Waals surface area contributed by atoms with Crippen molar-refractivity contribution in [3.8, 4) is 0 Å². The predicted molar refractivity (Wildman–Crippen MR) is 56.9 cm³/mol. The molecule has 1 unspecified atom stereocenters. The van der Waals surface area contributed by atoms with E-state index in [0.717, 1.165) is 5.56 Å². The van der Waals surface area contributed by atoms with Crippen molar-refractivity contribution in [1.29, 1.82) is 0 Å². The normalized spacial score (nSPS) is 12.4. The van der Waals surface area contributed by atoms with Gasteiger partial charge in [-0.05, 0) is 26.0 Å². The topological polar surface area (TPSA) is 55.1 Å². The van der Waals surface area contributed by atoms with E-state index in [0.29, 0.717) is 6.42 Å². The monoisotopic (exact) mass is 192 g/mol.